The van der Waals surface area contributed by atoms with E-state index in [4.69, 9.17) is 5.11 Å². The van der Waals surface area contributed by atoms with Gasteiger partial charge in [-0.15, -0.1) is 5.92 Å². The van der Waals surface area contributed by atoms with Crippen molar-refractivity contribution in [1.29, 1.82) is 0 Å². The summed E-state index contributed by atoms with van der Waals surface area (Å²) < 4.78 is 0. The molecule has 0 radical (unpaired) electrons. The van der Waals surface area contributed by atoms with Crippen LogP contribution in [0.3, 0.4) is 0 Å². The van der Waals surface area contributed by atoms with Gasteiger partial charge >= 0.3 is 0 Å². The van der Waals surface area contributed by atoms with Crippen molar-refractivity contribution in [3.8, 4) is 11.8 Å². The number of rotatable bonds is 4. The van der Waals surface area contributed by atoms with E-state index >= 15 is 0 Å². The largest absolute Gasteiger partial charge is 0.396 e. The Morgan fingerprint density at radius 3 is 2.44 bits per heavy atom. The van der Waals surface area contributed by atoms with Gasteiger partial charge in [0, 0.05) is 13.0 Å². The van der Waals surface area contributed by atoms with Crippen LogP contribution in [0.15, 0.2) is 30.3 Å². The molecule has 1 rings (SSSR count). The van der Waals surface area contributed by atoms with E-state index in [0.29, 0.717) is 18.4 Å². The molecule has 86 valence electrons. The minimum absolute atomic E-state index is 0.0893. The van der Waals surface area contributed by atoms with Crippen LogP contribution in [-0.4, -0.2) is 28.0 Å². The third-order valence-electron chi connectivity index (χ3n) is 2.15. The van der Waals surface area contributed by atoms with Crippen LogP contribution >= 0.6 is 0 Å². The Morgan fingerprint density at radius 1 is 1.12 bits per heavy atom. The maximum absolute atomic E-state index is 9.74. The smallest absolute Gasteiger partial charge is 0.144 e. The summed E-state index contributed by atoms with van der Waals surface area (Å²) in [6.07, 6.45) is -0.958. The molecule has 16 heavy (non-hydrogen) atoms. The molecular formula is C13H16O3. The molecule has 0 spiro atoms. The second-order valence-corrected chi connectivity index (χ2v) is 3.45. The normalized spacial score (nSPS) is 13.7. The van der Waals surface area contributed by atoms with Gasteiger partial charge < -0.3 is 15.3 Å². The number of benzene rings is 1. The molecule has 0 amide bonds. The lowest BCUT2D eigenvalue weighted by molar-refractivity contribution is 0.0539. The molecule has 0 aliphatic carbocycles. The first kappa shape index (κ1) is 12.7. The molecule has 3 N–H and O–H groups in total. The lowest BCUT2D eigenvalue weighted by Gasteiger charge is -2.12. The van der Waals surface area contributed by atoms with Crippen LogP contribution in [0, 0.1) is 11.8 Å². The molecule has 0 saturated carbocycles. The zero-order valence-electron chi connectivity index (χ0n) is 9.00. The highest BCUT2D eigenvalue weighted by atomic mass is 16.3. The predicted octanol–water partition coefficient (Wildman–Crippen LogP) is 0.857. The lowest BCUT2D eigenvalue weighted by Crippen LogP contribution is -2.15. The second-order valence-electron chi connectivity index (χ2n) is 3.45. The summed E-state index contributed by atoms with van der Waals surface area (Å²) in [4.78, 5) is 0. The van der Waals surface area contributed by atoms with Crippen molar-refractivity contribution in [3.63, 3.8) is 0 Å². The van der Waals surface area contributed by atoms with Crippen LogP contribution in [0.1, 0.15) is 24.5 Å². The first-order valence-electron chi connectivity index (χ1n) is 5.26. The Morgan fingerprint density at radius 2 is 1.81 bits per heavy atom. The lowest BCUT2D eigenvalue weighted by atomic mass is 10.0. The third kappa shape index (κ3) is 4.03. The molecule has 0 bridgehead atoms. The summed E-state index contributed by atoms with van der Waals surface area (Å²) in [7, 11) is 0. The fourth-order valence-corrected chi connectivity index (χ4v) is 1.26. The fraction of sp³-hybridized carbons (Fsp3) is 0.385. The van der Waals surface area contributed by atoms with Crippen LogP contribution < -0.4 is 0 Å². The van der Waals surface area contributed by atoms with Gasteiger partial charge in [0.05, 0.1) is 0 Å². The molecule has 0 unspecified atom stereocenters. The number of hydrogen-bond donors (Lipinski definition) is 3. The molecule has 0 aliphatic rings. The second kappa shape index (κ2) is 7.02. The van der Waals surface area contributed by atoms with Gasteiger partial charge in [-0.3, -0.25) is 0 Å². The van der Waals surface area contributed by atoms with Gasteiger partial charge in [0.15, 0.2) is 0 Å². The highest BCUT2D eigenvalue weighted by molar-refractivity contribution is 5.21. The minimum Gasteiger partial charge on any atom is -0.396 e. The Kier molecular flexibility index (Phi) is 5.58. The van der Waals surface area contributed by atoms with Crippen molar-refractivity contribution in [2.75, 3.05) is 6.61 Å². The van der Waals surface area contributed by atoms with Gasteiger partial charge in [0.1, 0.15) is 12.2 Å². The van der Waals surface area contributed by atoms with Crippen molar-refractivity contribution in [2.24, 2.45) is 0 Å². The van der Waals surface area contributed by atoms with Crippen LogP contribution in [-0.2, 0) is 0 Å². The number of aliphatic hydroxyl groups excluding tert-OH is 3. The zero-order chi connectivity index (χ0) is 11.8. The Hall–Kier alpha value is -1.34. The molecular weight excluding hydrogens is 204 g/mol. The molecule has 0 aromatic heterocycles. The summed E-state index contributed by atoms with van der Waals surface area (Å²) in [5.74, 6) is 5.28. The Bertz CT molecular complexity index is 350. The molecule has 0 fully saturated rings. The van der Waals surface area contributed by atoms with Crippen LogP contribution in [0.5, 0.6) is 0 Å². The van der Waals surface area contributed by atoms with Gasteiger partial charge in [0.2, 0.25) is 0 Å². The van der Waals surface area contributed by atoms with E-state index in [1.54, 1.807) is 24.3 Å². The molecule has 0 aliphatic heterocycles. The van der Waals surface area contributed by atoms with Gasteiger partial charge in [-0.05, 0) is 12.0 Å². The highest BCUT2D eigenvalue weighted by Crippen LogP contribution is 2.15. The summed E-state index contributed by atoms with van der Waals surface area (Å²) in [5, 5.41) is 27.9. The summed E-state index contributed by atoms with van der Waals surface area (Å²) in [5.41, 5.74) is 0.645. The Labute approximate surface area is 95.4 Å². The number of aliphatic hydroxyl groups is 3. The molecule has 3 nitrogen and oxygen atoms in total. The standard InChI is InChI=1S/C13H16O3/c14-10-6-2-5-9-12(15)13(16)11-7-3-1-4-8-11/h1,3-4,7-8,12-16H,2,6,10H2/t12-,13-/m0/s1. The zero-order valence-corrected chi connectivity index (χ0v) is 9.00. The molecule has 2 atom stereocenters. The molecule has 0 heterocycles. The average molecular weight is 220 g/mol. The van der Waals surface area contributed by atoms with Crippen molar-refractivity contribution in [2.45, 2.75) is 25.0 Å². The SMILES string of the molecule is OCCCC#C[C@H](O)[C@@H](O)c1ccccc1. The Balaban J connectivity index is 2.53. The van der Waals surface area contributed by atoms with E-state index < -0.39 is 12.2 Å². The maximum Gasteiger partial charge on any atom is 0.144 e. The van der Waals surface area contributed by atoms with E-state index in [-0.39, 0.29) is 6.61 Å². The summed E-state index contributed by atoms with van der Waals surface area (Å²) in [6.45, 7) is 0.0893. The van der Waals surface area contributed by atoms with Gasteiger partial charge in [-0.2, -0.15) is 0 Å². The van der Waals surface area contributed by atoms with Crippen molar-refractivity contribution < 1.29 is 15.3 Å². The summed E-state index contributed by atoms with van der Waals surface area (Å²) >= 11 is 0. The monoisotopic (exact) mass is 220 g/mol. The van der Waals surface area contributed by atoms with Crippen LogP contribution in [0.25, 0.3) is 0 Å². The fourth-order valence-electron chi connectivity index (χ4n) is 1.26. The van der Waals surface area contributed by atoms with E-state index in [1.165, 1.54) is 0 Å². The highest BCUT2D eigenvalue weighted by Gasteiger charge is 2.14. The van der Waals surface area contributed by atoms with Crippen LogP contribution in [0.4, 0.5) is 0 Å². The number of unbranched alkanes of at least 4 members (excludes halogenated alkanes) is 1. The van der Waals surface area contributed by atoms with E-state index in [1.807, 2.05) is 6.07 Å². The minimum atomic E-state index is -1.08. The molecule has 3 heteroatoms. The quantitative estimate of drug-likeness (QED) is 0.521. The number of hydrogen-bond acceptors (Lipinski definition) is 3. The predicted molar refractivity (Wildman–Crippen MR) is 61.5 cm³/mol. The van der Waals surface area contributed by atoms with E-state index in [0.717, 1.165) is 0 Å². The first-order valence-corrected chi connectivity index (χ1v) is 5.26. The molecule has 0 saturated heterocycles. The van der Waals surface area contributed by atoms with Gasteiger partial charge in [-0.1, -0.05) is 36.3 Å². The van der Waals surface area contributed by atoms with E-state index in [9.17, 15) is 10.2 Å². The van der Waals surface area contributed by atoms with Crippen LogP contribution in [0.2, 0.25) is 0 Å². The topological polar surface area (TPSA) is 60.7 Å². The maximum atomic E-state index is 9.74. The average Bonchev–Trinajstić information content (AvgIpc) is 2.34. The van der Waals surface area contributed by atoms with E-state index in [2.05, 4.69) is 11.8 Å². The van der Waals surface area contributed by atoms with Gasteiger partial charge in [-0.25, -0.2) is 0 Å². The van der Waals surface area contributed by atoms with Crippen molar-refractivity contribution >= 4 is 0 Å². The molecule has 1 aromatic rings. The molecule has 1 aromatic carbocycles. The summed E-state index contributed by atoms with van der Waals surface area (Å²) in [6, 6.07) is 8.91. The first-order chi connectivity index (χ1) is 7.75. The van der Waals surface area contributed by atoms with Crippen molar-refractivity contribution in [3.05, 3.63) is 35.9 Å². The van der Waals surface area contributed by atoms with Crippen molar-refractivity contribution in [1.82, 2.24) is 0 Å². The third-order valence-corrected chi connectivity index (χ3v) is 2.15. The van der Waals surface area contributed by atoms with Gasteiger partial charge in [0.25, 0.3) is 0 Å².